The van der Waals surface area contributed by atoms with Crippen LogP contribution in [0.5, 0.6) is 0 Å². The van der Waals surface area contributed by atoms with E-state index in [1.807, 2.05) is 12.1 Å². The van der Waals surface area contributed by atoms with Gasteiger partial charge in [0.05, 0.1) is 11.9 Å². The minimum Gasteiger partial charge on any atom is -0.314 e. The number of benzene rings is 1. The first kappa shape index (κ1) is 19.6. The second kappa shape index (κ2) is 10.2. The molecule has 144 valence electrons. The number of pyridine rings is 1. The zero-order valence-electron chi connectivity index (χ0n) is 16.4. The molecule has 1 amide bonds. The molecule has 0 N–H and O–H groups in total. The van der Waals surface area contributed by atoms with Crippen molar-refractivity contribution < 1.29 is 4.79 Å². The van der Waals surface area contributed by atoms with Crippen LogP contribution in [0.4, 0.5) is 5.69 Å². The van der Waals surface area contributed by atoms with Crippen LogP contribution in [0.3, 0.4) is 0 Å². The van der Waals surface area contributed by atoms with Crippen molar-refractivity contribution in [1.82, 2.24) is 9.88 Å². The number of anilines is 1. The summed E-state index contributed by atoms with van der Waals surface area (Å²) in [5, 5.41) is 0. The highest BCUT2D eigenvalue weighted by molar-refractivity contribution is 5.95. The smallest absolute Gasteiger partial charge is 0.229 e. The maximum absolute atomic E-state index is 11.6. The van der Waals surface area contributed by atoms with Crippen molar-refractivity contribution in [3.8, 4) is 0 Å². The average molecular weight is 366 g/mol. The van der Waals surface area contributed by atoms with Crippen molar-refractivity contribution in [3.63, 3.8) is 0 Å². The number of nitrogens with zero attached hydrogens (tertiary/aromatic N) is 3. The van der Waals surface area contributed by atoms with Crippen molar-refractivity contribution in [1.29, 1.82) is 0 Å². The van der Waals surface area contributed by atoms with E-state index in [4.69, 9.17) is 0 Å². The Bertz CT molecular complexity index is 679. The molecule has 0 spiro atoms. The lowest BCUT2D eigenvalue weighted by atomic mass is 10.1. The molecule has 1 aromatic heterocycles. The highest BCUT2D eigenvalue weighted by atomic mass is 16.2. The second-order valence-electron chi connectivity index (χ2n) is 7.52. The lowest BCUT2D eigenvalue weighted by Gasteiger charge is -2.26. The van der Waals surface area contributed by atoms with Crippen molar-refractivity contribution in [2.24, 2.45) is 5.92 Å². The largest absolute Gasteiger partial charge is 0.314 e. The first-order chi connectivity index (χ1) is 13.2. The summed E-state index contributed by atoms with van der Waals surface area (Å²) in [7, 11) is 1.80. The Hall–Kier alpha value is -2.20. The number of likely N-dealkylation sites (tertiary alicyclic amines) is 1. The van der Waals surface area contributed by atoms with Gasteiger partial charge in [0.2, 0.25) is 5.91 Å². The Labute approximate surface area is 163 Å². The Morgan fingerprint density at radius 2 is 1.81 bits per heavy atom. The summed E-state index contributed by atoms with van der Waals surface area (Å²) < 4.78 is 0. The minimum absolute atomic E-state index is 0.216. The number of hydrogen-bond acceptors (Lipinski definition) is 3. The molecule has 4 nitrogen and oxygen atoms in total. The van der Waals surface area contributed by atoms with E-state index in [0.29, 0.717) is 0 Å². The summed E-state index contributed by atoms with van der Waals surface area (Å²) in [6.45, 7) is 3.86. The van der Waals surface area contributed by atoms with E-state index in [2.05, 4.69) is 40.2 Å². The number of hydrogen-bond donors (Lipinski definition) is 0. The third-order valence-electron chi connectivity index (χ3n) is 5.30. The molecular weight excluding hydrogens is 334 g/mol. The lowest BCUT2D eigenvalue weighted by molar-refractivity contribution is -0.119. The number of carbonyl (C=O) groups is 1. The van der Waals surface area contributed by atoms with Crippen LogP contribution >= 0.6 is 0 Å². The van der Waals surface area contributed by atoms with Crippen molar-refractivity contribution in [2.75, 3.05) is 31.6 Å². The average Bonchev–Trinajstić information content (AvgIpc) is 3.59. The van der Waals surface area contributed by atoms with Crippen LogP contribution in [-0.2, 0) is 11.2 Å². The van der Waals surface area contributed by atoms with E-state index in [1.54, 1.807) is 24.3 Å². The molecule has 1 saturated heterocycles. The molecule has 2 fully saturated rings. The van der Waals surface area contributed by atoms with Gasteiger partial charge in [-0.1, -0.05) is 36.8 Å². The third kappa shape index (κ3) is 6.47. The number of carbonyl (C=O) groups excluding carboxylic acids is 1. The molecule has 4 heteroatoms. The van der Waals surface area contributed by atoms with Gasteiger partial charge < -0.3 is 9.80 Å². The van der Waals surface area contributed by atoms with E-state index >= 15 is 0 Å². The zero-order valence-corrected chi connectivity index (χ0v) is 16.4. The summed E-state index contributed by atoms with van der Waals surface area (Å²) in [4.78, 5) is 19.9. The summed E-state index contributed by atoms with van der Waals surface area (Å²) in [5.41, 5.74) is 2.34. The number of piperidine rings is 1. The van der Waals surface area contributed by atoms with Gasteiger partial charge in [-0.15, -0.1) is 0 Å². The molecule has 0 bridgehead atoms. The molecule has 0 unspecified atom stereocenters. The number of amides is 1. The molecule has 2 aliphatic rings. The SMILES string of the molecule is CN(C(=O)C1CC1)c1cccnc1.c1ccc(CCN2CCCCC2)cc1. The fourth-order valence-electron chi connectivity index (χ4n) is 3.40. The van der Waals surface area contributed by atoms with Gasteiger partial charge in [0, 0.05) is 25.7 Å². The normalized spacial score (nSPS) is 16.9. The van der Waals surface area contributed by atoms with Crippen LogP contribution in [-0.4, -0.2) is 42.5 Å². The third-order valence-corrected chi connectivity index (χ3v) is 5.30. The van der Waals surface area contributed by atoms with E-state index in [1.165, 1.54) is 50.9 Å². The standard InChI is InChI=1S/C13H19N.C10H12N2O/c1-3-7-13(8-4-1)9-12-14-10-5-2-6-11-14;1-12(10(13)8-4-5-8)9-3-2-6-11-7-9/h1,3-4,7-8H,2,5-6,9-12H2;2-3,6-8H,4-5H2,1H3. The molecule has 1 aliphatic carbocycles. The molecule has 27 heavy (non-hydrogen) atoms. The van der Waals surface area contributed by atoms with Crippen molar-refractivity contribution in [3.05, 3.63) is 60.4 Å². The molecule has 0 radical (unpaired) electrons. The fraction of sp³-hybridized carbons (Fsp3) is 0.478. The highest BCUT2D eigenvalue weighted by Gasteiger charge is 2.32. The van der Waals surface area contributed by atoms with E-state index < -0.39 is 0 Å². The second-order valence-corrected chi connectivity index (χ2v) is 7.52. The van der Waals surface area contributed by atoms with Crippen LogP contribution in [0.15, 0.2) is 54.9 Å². The quantitative estimate of drug-likeness (QED) is 0.798. The van der Waals surface area contributed by atoms with E-state index in [9.17, 15) is 4.79 Å². The van der Waals surface area contributed by atoms with Gasteiger partial charge in [0.15, 0.2) is 0 Å². The molecule has 1 saturated carbocycles. The van der Waals surface area contributed by atoms with Gasteiger partial charge in [-0.25, -0.2) is 0 Å². The van der Waals surface area contributed by atoms with E-state index in [0.717, 1.165) is 18.5 Å². The highest BCUT2D eigenvalue weighted by Crippen LogP contribution is 2.31. The molecule has 2 heterocycles. The van der Waals surface area contributed by atoms with Crippen LogP contribution in [0.1, 0.15) is 37.7 Å². The summed E-state index contributed by atoms with van der Waals surface area (Å²) in [6.07, 6.45) is 10.9. The van der Waals surface area contributed by atoms with E-state index in [-0.39, 0.29) is 11.8 Å². The van der Waals surface area contributed by atoms with Gasteiger partial charge in [0.25, 0.3) is 0 Å². The first-order valence-electron chi connectivity index (χ1n) is 10.2. The zero-order chi connectivity index (χ0) is 18.9. The van der Waals surface area contributed by atoms with Crippen LogP contribution in [0.2, 0.25) is 0 Å². The van der Waals surface area contributed by atoms with Gasteiger partial charge in [0.1, 0.15) is 0 Å². The summed E-state index contributed by atoms with van der Waals surface area (Å²) in [6, 6.07) is 14.5. The van der Waals surface area contributed by atoms with Gasteiger partial charge in [-0.3, -0.25) is 9.78 Å². The number of aromatic nitrogens is 1. The van der Waals surface area contributed by atoms with Crippen LogP contribution < -0.4 is 4.90 Å². The van der Waals surface area contributed by atoms with Crippen molar-refractivity contribution >= 4 is 11.6 Å². The topological polar surface area (TPSA) is 36.4 Å². The molecule has 1 aliphatic heterocycles. The Morgan fingerprint density at radius 3 is 2.44 bits per heavy atom. The predicted molar refractivity (Wildman–Crippen MR) is 111 cm³/mol. The maximum Gasteiger partial charge on any atom is 0.229 e. The Morgan fingerprint density at radius 1 is 1.07 bits per heavy atom. The first-order valence-corrected chi connectivity index (χ1v) is 10.2. The van der Waals surface area contributed by atoms with Gasteiger partial charge in [-0.05, 0) is 62.9 Å². The molecular formula is C23H31N3O. The summed E-state index contributed by atoms with van der Waals surface area (Å²) in [5.74, 6) is 0.484. The van der Waals surface area contributed by atoms with Crippen LogP contribution in [0, 0.1) is 5.92 Å². The molecule has 0 atom stereocenters. The number of rotatable bonds is 5. The Kier molecular flexibility index (Phi) is 7.40. The molecule has 4 rings (SSSR count). The predicted octanol–water partition coefficient (Wildman–Crippen LogP) is 4.17. The van der Waals surface area contributed by atoms with Crippen LogP contribution in [0.25, 0.3) is 0 Å². The van der Waals surface area contributed by atoms with Gasteiger partial charge in [-0.2, -0.15) is 0 Å². The lowest BCUT2D eigenvalue weighted by Crippen LogP contribution is -2.31. The minimum atomic E-state index is 0.216. The summed E-state index contributed by atoms with van der Waals surface area (Å²) >= 11 is 0. The maximum atomic E-state index is 11.6. The monoisotopic (exact) mass is 365 g/mol. The Balaban J connectivity index is 0.000000156. The van der Waals surface area contributed by atoms with Gasteiger partial charge >= 0.3 is 0 Å². The molecule has 2 aromatic rings. The molecule has 1 aromatic carbocycles. The van der Waals surface area contributed by atoms with Crippen molar-refractivity contribution in [2.45, 2.75) is 38.5 Å². The fourth-order valence-corrected chi connectivity index (χ4v) is 3.40.